The zero-order chi connectivity index (χ0) is 14.7. The quantitative estimate of drug-likeness (QED) is 0.754. The molecule has 1 N–H and O–H groups in total. The molecule has 3 nitrogen and oxygen atoms in total. The Kier molecular flexibility index (Phi) is 4.79. The van der Waals surface area contributed by atoms with Crippen LogP contribution in [0.15, 0.2) is 18.5 Å². The third-order valence-electron chi connectivity index (χ3n) is 4.45. The first-order valence-electron chi connectivity index (χ1n) is 8.61. The summed E-state index contributed by atoms with van der Waals surface area (Å²) in [7, 11) is 0. The van der Waals surface area contributed by atoms with Crippen molar-refractivity contribution in [3.8, 4) is 0 Å². The van der Waals surface area contributed by atoms with Crippen molar-refractivity contribution in [2.75, 3.05) is 24.5 Å². The van der Waals surface area contributed by atoms with Crippen LogP contribution >= 0.6 is 0 Å². The van der Waals surface area contributed by atoms with Gasteiger partial charge in [0.1, 0.15) is 0 Å². The summed E-state index contributed by atoms with van der Waals surface area (Å²) in [5.41, 5.74) is 2.78. The maximum Gasteiger partial charge on any atom is 0.0598 e. The summed E-state index contributed by atoms with van der Waals surface area (Å²) in [4.78, 5) is 7.02. The molecule has 1 aromatic rings. The molecule has 0 amide bonds. The molecule has 21 heavy (non-hydrogen) atoms. The van der Waals surface area contributed by atoms with E-state index < -0.39 is 0 Å². The SMILES string of the molecule is CC(C)CNCc1ccncc1N(CC1CC1)CC1CC1. The van der Waals surface area contributed by atoms with E-state index in [0.29, 0.717) is 5.92 Å². The lowest BCUT2D eigenvalue weighted by Crippen LogP contribution is -2.30. The van der Waals surface area contributed by atoms with Gasteiger partial charge in [-0.1, -0.05) is 13.8 Å². The number of hydrogen-bond acceptors (Lipinski definition) is 3. The van der Waals surface area contributed by atoms with Gasteiger partial charge in [-0.3, -0.25) is 4.98 Å². The summed E-state index contributed by atoms with van der Waals surface area (Å²) in [6, 6.07) is 2.19. The first-order valence-corrected chi connectivity index (χ1v) is 8.61. The Bertz CT molecular complexity index is 436. The van der Waals surface area contributed by atoms with Gasteiger partial charge in [-0.05, 0) is 61.6 Å². The first kappa shape index (κ1) is 14.8. The fourth-order valence-corrected chi connectivity index (χ4v) is 2.84. The Hall–Kier alpha value is -1.09. The van der Waals surface area contributed by atoms with Crippen LogP contribution in [0.2, 0.25) is 0 Å². The highest BCUT2D eigenvalue weighted by Gasteiger charge is 2.30. The number of hydrogen-bond donors (Lipinski definition) is 1. The molecule has 0 unspecified atom stereocenters. The molecule has 1 heterocycles. The van der Waals surface area contributed by atoms with Crippen LogP contribution in [0.5, 0.6) is 0 Å². The van der Waals surface area contributed by atoms with Gasteiger partial charge in [0.05, 0.1) is 11.9 Å². The van der Waals surface area contributed by atoms with E-state index in [4.69, 9.17) is 0 Å². The van der Waals surface area contributed by atoms with Gasteiger partial charge in [0, 0.05) is 25.8 Å². The zero-order valence-corrected chi connectivity index (χ0v) is 13.5. The Labute approximate surface area is 129 Å². The van der Waals surface area contributed by atoms with Gasteiger partial charge in [0.25, 0.3) is 0 Å². The average molecular weight is 287 g/mol. The molecule has 0 atom stereocenters. The monoisotopic (exact) mass is 287 g/mol. The molecule has 0 radical (unpaired) electrons. The minimum Gasteiger partial charge on any atom is -0.369 e. The number of nitrogens with one attached hydrogen (secondary N) is 1. The molecule has 3 heteroatoms. The molecular formula is C18H29N3. The van der Waals surface area contributed by atoms with Crippen molar-refractivity contribution in [3.63, 3.8) is 0 Å². The number of aromatic nitrogens is 1. The molecular weight excluding hydrogens is 258 g/mol. The van der Waals surface area contributed by atoms with Gasteiger partial charge >= 0.3 is 0 Å². The van der Waals surface area contributed by atoms with Gasteiger partial charge in [-0.2, -0.15) is 0 Å². The van der Waals surface area contributed by atoms with Gasteiger partial charge in [0.2, 0.25) is 0 Å². The number of anilines is 1. The summed E-state index contributed by atoms with van der Waals surface area (Å²) in [5, 5.41) is 3.58. The molecule has 0 aliphatic heterocycles. The summed E-state index contributed by atoms with van der Waals surface area (Å²) >= 11 is 0. The van der Waals surface area contributed by atoms with Gasteiger partial charge in [0.15, 0.2) is 0 Å². The molecule has 0 aromatic carbocycles. The van der Waals surface area contributed by atoms with Crippen LogP contribution in [0.3, 0.4) is 0 Å². The summed E-state index contributed by atoms with van der Waals surface area (Å²) < 4.78 is 0. The third kappa shape index (κ3) is 4.70. The molecule has 2 saturated carbocycles. The van der Waals surface area contributed by atoms with Crippen molar-refractivity contribution in [2.24, 2.45) is 17.8 Å². The summed E-state index contributed by atoms with van der Waals surface area (Å²) in [5.74, 6) is 2.56. The van der Waals surface area contributed by atoms with E-state index in [1.165, 1.54) is 50.0 Å². The summed E-state index contributed by atoms with van der Waals surface area (Å²) in [6.45, 7) is 9.02. The van der Waals surface area contributed by atoms with Crippen molar-refractivity contribution < 1.29 is 0 Å². The van der Waals surface area contributed by atoms with Crippen LogP contribution in [-0.4, -0.2) is 24.6 Å². The van der Waals surface area contributed by atoms with Crippen LogP contribution in [0.1, 0.15) is 45.1 Å². The second kappa shape index (κ2) is 6.78. The highest BCUT2D eigenvalue weighted by molar-refractivity contribution is 5.52. The highest BCUT2D eigenvalue weighted by Crippen LogP contribution is 2.36. The zero-order valence-electron chi connectivity index (χ0n) is 13.5. The molecule has 116 valence electrons. The lowest BCUT2D eigenvalue weighted by molar-refractivity contribution is 0.551. The molecule has 2 aliphatic rings. The minimum atomic E-state index is 0.698. The number of rotatable bonds is 9. The smallest absolute Gasteiger partial charge is 0.0598 e. The van der Waals surface area contributed by atoms with Crippen LogP contribution in [0.4, 0.5) is 5.69 Å². The number of pyridine rings is 1. The van der Waals surface area contributed by atoms with Crippen LogP contribution in [0.25, 0.3) is 0 Å². The second-order valence-electron chi connectivity index (χ2n) is 7.32. The van der Waals surface area contributed by atoms with E-state index >= 15 is 0 Å². The second-order valence-corrected chi connectivity index (χ2v) is 7.32. The molecule has 2 fully saturated rings. The molecule has 0 bridgehead atoms. The predicted molar refractivity (Wildman–Crippen MR) is 88.4 cm³/mol. The standard InChI is InChI=1S/C18H29N3/c1-14(2)9-20-10-17-7-8-19-11-18(17)21(12-15-3-4-15)13-16-5-6-16/h7-8,11,14-16,20H,3-6,9-10,12-13H2,1-2H3. The maximum atomic E-state index is 4.40. The lowest BCUT2D eigenvalue weighted by Gasteiger charge is -2.27. The van der Waals surface area contributed by atoms with Crippen LogP contribution < -0.4 is 10.2 Å². The van der Waals surface area contributed by atoms with Crippen LogP contribution in [0, 0.1) is 17.8 Å². The topological polar surface area (TPSA) is 28.2 Å². The van der Waals surface area contributed by atoms with Crippen molar-refractivity contribution in [1.82, 2.24) is 10.3 Å². The molecule has 2 aliphatic carbocycles. The molecule has 0 saturated heterocycles. The Morgan fingerprint density at radius 2 is 1.86 bits per heavy atom. The summed E-state index contributed by atoms with van der Waals surface area (Å²) in [6.07, 6.45) is 9.69. The Morgan fingerprint density at radius 3 is 2.43 bits per heavy atom. The minimum absolute atomic E-state index is 0.698. The Balaban J connectivity index is 1.67. The maximum absolute atomic E-state index is 4.40. The van der Waals surface area contributed by atoms with E-state index in [1.807, 2.05) is 6.20 Å². The van der Waals surface area contributed by atoms with E-state index in [-0.39, 0.29) is 0 Å². The Morgan fingerprint density at radius 1 is 1.19 bits per heavy atom. The van der Waals surface area contributed by atoms with Crippen molar-refractivity contribution in [3.05, 3.63) is 24.0 Å². The predicted octanol–water partition coefficient (Wildman–Crippen LogP) is 3.45. The van der Waals surface area contributed by atoms with Crippen molar-refractivity contribution >= 4 is 5.69 Å². The van der Waals surface area contributed by atoms with Gasteiger partial charge in [-0.15, -0.1) is 0 Å². The van der Waals surface area contributed by atoms with E-state index in [0.717, 1.165) is 24.9 Å². The van der Waals surface area contributed by atoms with Crippen molar-refractivity contribution in [1.29, 1.82) is 0 Å². The van der Waals surface area contributed by atoms with Crippen LogP contribution in [-0.2, 0) is 6.54 Å². The van der Waals surface area contributed by atoms with E-state index in [9.17, 15) is 0 Å². The largest absolute Gasteiger partial charge is 0.369 e. The highest BCUT2D eigenvalue weighted by atomic mass is 15.1. The third-order valence-corrected chi connectivity index (χ3v) is 4.45. The number of nitrogens with zero attached hydrogens (tertiary/aromatic N) is 2. The fourth-order valence-electron chi connectivity index (χ4n) is 2.84. The van der Waals surface area contributed by atoms with Crippen molar-refractivity contribution in [2.45, 2.75) is 46.1 Å². The fraction of sp³-hybridized carbons (Fsp3) is 0.722. The van der Waals surface area contributed by atoms with Gasteiger partial charge < -0.3 is 10.2 Å². The van der Waals surface area contributed by atoms with E-state index in [1.54, 1.807) is 0 Å². The average Bonchev–Trinajstić information content (AvgIpc) is 3.34. The first-order chi connectivity index (χ1) is 10.2. The van der Waals surface area contributed by atoms with E-state index in [2.05, 4.69) is 41.3 Å². The normalized spacial score (nSPS) is 18.2. The molecule has 3 rings (SSSR count). The lowest BCUT2D eigenvalue weighted by atomic mass is 10.1. The van der Waals surface area contributed by atoms with Gasteiger partial charge in [-0.25, -0.2) is 0 Å². The molecule has 1 aromatic heterocycles. The molecule has 0 spiro atoms.